The molecule has 2 aromatic rings. The van der Waals surface area contributed by atoms with E-state index < -0.39 is 0 Å². The van der Waals surface area contributed by atoms with Gasteiger partial charge in [0.15, 0.2) is 0 Å². The number of aryl methyl sites for hydroxylation is 2. The van der Waals surface area contributed by atoms with Gasteiger partial charge in [-0.3, -0.25) is 4.90 Å². The Morgan fingerprint density at radius 2 is 2.05 bits per heavy atom. The summed E-state index contributed by atoms with van der Waals surface area (Å²) in [6.45, 7) is 7.25. The van der Waals surface area contributed by atoms with Crippen molar-refractivity contribution in [2.75, 3.05) is 7.05 Å². The first-order chi connectivity index (χ1) is 9.47. The summed E-state index contributed by atoms with van der Waals surface area (Å²) in [6, 6.07) is 0.597. The SMILES string of the molecule is Cc1sc2nc(CN(C)C(C)C3CC3)nc(Cl)c2c1C. The number of fused-ring (bicyclic) bond motifs is 1. The predicted molar refractivity (Wildman–Crippen MR) is 85.6 cm³/mol. The standard InChI is InChI=1S/C15H20ClN3S/c1-8-10(3)20-15-13(8)14(16)17-12(18-15)7-19(4)9(2)11-5-6-11/h9,11H,5-7H2,1-4H3. The minimum Gasteiger partial charge on any atom is -0.296 e. The third-order valence-electron chi connectivity index (χ3n) is 4.42. The van der Waals surface area contributed by atoms with Crippen LogP contribution in [0.15, 0.2) is 0 Å². The van der Waals surface area contributed by atoms with Gasteiger partial charge in [0, 0.05) is 10.9 Å². The summed E-state index contributed by atoms with van der Waals surface area (Å²) in [6.07, 6.45) is 2.71. The Kier molecular flexibility index (Phi) is 3.73. The molecule has 2 aromatic heterocycles. The molecular weight excluding hydrogens is 290 g/mol. The predicted octanol–water partition coefficient (Wildman–Crippen LogP) is 4.19. The summed E-state index contributed by atoms with van der Waals surface area (Å²) in [4.78, 5) is 13.8. The highest BCUT2D eigenvalue weighted by Crippen LogP contribution is 2.36. The Morgan fingerprint density at radius 1 is 1.35 bits per heavy atom. The number of hydrogen-bond donors (Lipinski definition) is 0. The average Bonchev–Trinajstić information content (AvgIpc) is 3.17. The van der Waals surface area contributed by atoms with Crippen LogP contribution in [0.25, 0.3) is 10.2 Å². The minimum atomic E-state index is 0.597. The van der Waals surface area contributed by atoms with Crippen molar-refractivity contribution in [1.29, 1.82) is 0 Å². The molecule has 0 amide bonds. The zero-order valence-corrected chi connectivity index (χ0v) is 14.0. The first kappa shape index (κ1) is 14.2. The highest BCUT2D eigenvalue weighted by molar-refractivity contribution is 7.18. The number of thiophene rings is 1. The van der Waals surface area contributed by atoms with E-state index in [1.54, 1.807) is 11.3 Å². The number of aromatic nitrogens is 2. The van der Waals surface area contributed by atoms with Gasteiger partial charge in [-0.05, 0) is 52.1 Å². The molecule has 3 rings (SSSR count). The topological polar surface area (TPSA) is 29.0 Å². The number of halogens is 1. The fourth-order valence-corrected chi connectivity index (χ4v) is 4.05. The average molecular weight is 310 g/mol. The van der Waals surface area contributed by atoms with E-state index in [0.717, 1.165) is 28.5 Å². The molecule has 0 radical (unpaired) electrons. The largest absolute Gasteiger partial charge is 0.296 e. The van der Waals surface area contributed by atoms with E-state index in [1.165, 1.54) is 23.3 Å². The second-order valence-electron chi connectivity index (χ2n) is 5.89. The van der Waals surface area contributed by atoms with E-state index in [-0.39, 0.29) is 0 Å². The van der Waals surface area contributed by atoms with Crippen LogP contribution in [0.4, 0.5) is 0 Å². The minimum absolute atomic E-state index is 0.597. The first-order valence-corrected chi connectivity index (χ1v) is 8.29. The maximum Gasteiger partial charge on any atom is 0.145 e. The molecule has 0 saturated heterocycles. The van der Waals surface area contributed by atoms with Gasteiger partial charge in [-0.1, -0.05) is 11.6 Å². The van der Waals surface area contributed by atoms with E-state index >= 15 is 0 Å². The molecule has 1 aliphatic rings. The van der Waals surface area contributed by atoms with Gasteiger partial charge in [0.1, 0.15) is 15.8 Å². The van der Waals surface area contributed by atoms with E-state index in [0.29, 0.717) is 11.2 Å². The lowest BCUT2D eigenvalue weighted by atomic mass is 10.2. The van der Waals surface area contributed by atoms with Crippen LogP contribution in [0.2, 0.25) is 5.15 Å². The molecule has 1 aliphatic carbocycles. The van der Waals surface area contributed by atoms with Crippen molar-refractivity contribution in [3.8, 4) is 0 Å². The third kappa shape index (κ3) is 2.57. The number of rotatable bonds is 4. The summed E-state index contributed by atoms with van der Waals surface area (Å²) in [5, 5.41) is 1.62. The zero-order valence-electron chi connectivity index (χ0n) is 12.4. The van der Waals surface area contributed by atoms with Crippen molar-refractivity contribution < 1.29 is 0 Å². The molecule has 0 spiro atoms. The molecule has 2 heterocycles. The summed E-state index contributed by atoms with van der Waals surface area (Å²) in [5.41, 5.74) is 1.21. The lowest BCUT2D eigenvalue weighted by Gasteiger charge is -2.23. The number of nitrogens with zero attached hydrogens (tertiary/aromatic N) is 3. The van der Waals surface area contributed by atoms with Gasteiger partial charge < -0.3 is 0 Å². The highest BCUT2D eigenvalue weighted by atomic mass is 35.5. The fourth-order valence-electron chi connectivity index (χ4n) is 2.62. The van der Waals surface area contributed by atoms with Crippen molar-refractivity contribution in [2.45, 2.75) is 46.2 Å². The van der Waals surface area contributed by atoms with Crippen molar-refractivity contribution in [2.24, 2.45) is 5.92 Å². The third-order valence-corrected chi connectivity index (χ3v) is 5.80. The Balaban J connectivity index is 1.88. The lowest BCUT2D eigenvalue weighted by Crippen LogP contribution is -2.30. The van der Waals surface area contributed by atoms with Gasteiger partial charge in [-0.2, -0.15) is 0 Å². The second-order valence-corrected chi connectivity index (χ2v) is 7.45. The lowest BCUT2D eigenvalue weighted by molar-refractivity contribution is 0.221. The molecule has 3 nitrogen and oxygen atoms in total. The summed E-state index contributed by atoms with van der Waals surface area (Å²) < 4.78 is 0. The maximum atomic E-state index is 6.36. The Labute approximate surface area is 129 Å². The Hall–Kier alpha value is -0.710. The molecule has 0 aliphatic heterocycles. The van der Waals surface area contributed by atoms with Crippen molar-refractivity contribution in [3.63, 3.8) is 0 Å². The van der Waals surface area contributed by atoms with Gasteiger partial charge in [0.05, 0.1) is 11.9 Å². The molecule has 0 bridgehead atoms. The van der Waals surface area contributed by atoms with E-state index in [2.05, 4.69) is 37.7 Å². The maximum absolute atomic E-state index is 6.36. The van der Waals surface area contributed by atoms with E-state index in [9.17, 15) is 0 Å². The summed E-state index contributed by atoms with van der Waals surface area (Å²) in [5.74, 6) is 1.68. The molecule has 108 valence electrons. The smallest absolute Gasteiger partial charge is 0.145 e. The number of hydrogen-bond acceptors (Lipinski definition) is 4. The fraction of sp³-hybridized carbons (Fsp3) is 0.600. The molecule has 0 N–H and O–H groups in total. The van der Waals surface area contributed by atoms with E-state index in [1.807, 2.05) is 0 Å². The van der Waals surface area contributed by atoms with Gasteiger partial charge in [0.2, 0.25) is 0 Å². The molecule has 20 heavy (non-hydrogen) atoms. The van der Waals surface area contributed by atoms with Crippen LogP contribution in [0.1, 0.15) is 36.0 Å². The molecule has 5 heteroatoms. The molecule has 1 unspecified atom stereocenters. The van der Waals surface area contributed by atoms with Gasteiger partial charge in [0.25, 0.3) is 0 Å². The molecule has 1 saturated carbocycles. The van der Waals surface area contributed by atoms with Crippen LogP contribution >= 0.6 is 22.9 Å². The van der Waals surface area contributed by atoms with Crippen molar-refractivity contribution in [3.05, 3.63) is 21.4 Å². The molecule has 1 atom stereocenters. The van der Waals surface area contributed by atoms with Gasteiger partial charge in [-0.25, -0.2) is 9.97 Å². The summed E-state index contributed by atoms with van der Waals surface area (Å²) in [7, 11) is 2.15. The van der Waals surface area contributed by atoms with Crippen LogP contribution in [-0.2, 0) is 6.54 Å². The second kappa shape index (κ2) is 5.24. The quantitative estimate of drug-likeness (QED) is 0.793. The Morgan fingerprint density at radius 3 is 2.70 bits per heavy atom. The van der Waals surface area contributed by atoms with Crippen LogP contribution in [-0.4, -0.2) is 28.0 Å². The van der Waals surface area contributed by atoms with Crippen molar-refractivity contribution in [1.82, 2.24) is 14.9 Å². The monoisotopic (exact) mass is 309 g/mol. The van der Waals surface area contributed by atoms with Crippen molar-refractivity contribution >= 4 is 33.2 Å². The van der Waals surface area contributed by atoms with Crippen LogP contribution in [0.3, 0.4) is 0 Å². The van der Waals surface area contributed by atoms with Gasteiger partial charge >= 0.3 is 0 Å². The Bertz CT molecular complexity index is 648. The molecule has 1 fully saturated rings. The molecular formula is C15H20ClN3S. The zero-order chi connectivity index (χ0) is 14.4. The van der Waals surface area contributed by atoms with E-state index in [4.69, 9.17) is 16.6 Å². The van der Waals surface area contributed by atoms with Crippen LogP contribution in [0, 0.1) is 19.8 Å². The van der Waals surface area contributed by atoms with Gasteiger partial charge in [-0.15, -0.1) is 11.3 Å². The van der Waals surface area contributed by atoms with Crippen LogP contribution in [0.5, 0.6) is 0 Å². The normalized spacial score (nSPS) is 17.1. The summed E-state index contributed by atoms with van der Waals surface area (Å²) >= 11 is 8.06. The van der Waals surface area contributed by atoms with Crippen LogP contribution < -0.4 is 0 Å². The molecule has 0 aromatic carbocycles. The first-order valence-electron chi connectivity index (χ1n) is 7.09. The highest BCUT2D eigenvalue weighted by Gasteiger charge is 2.30.